The lowest BCUT2D eigenvalue weighted by Crippen LogP contribution is -2.10. The Morgan fingerprint density at radius 2 is 2.04 bits per heavy atom. The first-order valence-electron chi connectivity index (χ1n) is 6.69. The van der Waals surface area contributed by atoms with E-state index in [2.05, 4.69) is 62.6 Å². The van der Waals surface area contributed by atoms with Gasteiger partial charge in [0.05, 0.1) is 0 Å². The van der Waals surface area contributed by atoms with Crippen LogP contribution in [0.1, 0.15) is 21.7 Å². The fourth-order valence-electron chi connectivity index (χ4n) is 1.74. The van der Waals surface area contributed by atoms with Crippen LogP contribution >= 0.6 is 39.0 Å². The maximum absolute atomic E-state index is 12.0. The van der Waals surface area contributed by atoms with E-state index in [1.807, 2.05) is 0 Å². The molecule has 0 saturated heterocycles. The number of carbonyl (C=O) groups is 1. The number of nitrogens with zero attached hydrogens (tertiary/aromatic N) is 2. The highest BCUT2D eigenvalue weighted by Crippen LogP contribution is 2.28. The maximum atomic E-state index is 12.0. The summed E-state index contributed by atoms with van der Waals surface area (Å²) in [5, 5.41) is 11.2. The topological polar surface area (TPSA) is 68.0 Å². The molecule has 0 spiro atoms. The molecule has 3 aromatic rings. The predicted octanol–water partition coefficient (Wildman–Crippen LogP) is 4.75. The monoisotopic (exact) mass is 409 g/mol. The lowest BCUT2D eigenvalue weighted by atomic mass is 10.2. The summed E-state index contributed by atoms with van der Waals surface area (Å²) >= 11 is 6.09. The van der Waals surface area contributed by atoms with Gasteiger partial charge in [-0.05, 0) is 40.5 Å². The van der Waals surface area contributed by atoms with Gasteiger partial charge in [-0.3, -0.25) is 10.1 Å². The van der Waals surface area contributed by atoms with Gasteiger partial charge in [0.15, 0.2) is 14.8 Å². The van der Waals surface area contributed by atoms with Crippen molar-refractivity contribution in [2.75, 3.05) is 5.32 Å². The van der Waals surface area contributed by atoms with E-state index in [4.69, 9.17) is 4.42 Å². The minimum Gasteiger partial charge on any atom is -0.444 e. The zero-order valence-corrected chi connectivity index (χ0v) is 15.3. The van der Waals surface area contributed by atoms with E-state index in [0.717, 1.165) is 10.1 Å². The lowest BCUT2D eigenvalue weighted by molar-refractivity contribution is 0.0995. The molecule has 0 fully saturated rings. The van der Waals surface area contributed by atoms with Crippen LogP contribution in [0.3, 0.4) is 0 Å². The predicted molar refractivity (Wildman–Crippen MR) is 95.0 cm³/mol. The Hall–Kier alpha value is -1.64. The third kappa shape index (κ3) is 4.43. The third-order valence-corrected chi connectivity index (χ3v) is 5.38. The molecule has 0 aliphatic rings. The fourth-order valence-corrected chi connectivity index (χ4v) is 3.75. The van der Waals surface area contributed by atoms with Crippen molar-refractivity contribution in [3.8, 4) is 0 Å². The number of aryl methyl sites for hydroxylation is 1. The molecule has 0 bridgehead atoms. The Morgan fingerprint density at radius 3 is 2.74 bits per heavy atom. The molecule has 1 N–H and O–H groups in total. The summed E-state index contributed by atoms with van der Waals surface area (Å²) < 4.78 is 6.51. The van der Waals surface area contributed by atoms with Gasteiger partial charge in [0.1, 0.15) is 0 Å². The number of benzene rings is 1. The quantitative estimate of drug-likeness (QED) is 0.486. The van der Waals surface area contributed by atoms with E-state index in [9.17, 15) is 4.79 Å². The minimum absolute atomic E-state index is 0.223. The summed E-state index contributed by atoms with van der Waals surface area (Å²) in [5.41, 5.74) is 2.46. The molecule has 23 heavy (non-hydrogen) atoms. The van der Waals surface area contributed by atoms with Crippen LogP contribution in [0, 0.1) is 6.92 Å². The highest BCUT2D eigenvalue weighted by Gasteiger charge is 2.13. The molecule has 3 rings (SSSR count). The van der Waals surface area contributed by atoms with Crippen LogP contribution in [0.15, 0.2) is 49.8 Å². The van der Waals surface area contributed by atoms with Crippen LogP contribution in [0.4, 0.5) is 5.13 Å². The zero-order chi connectivity index (χ0) is 16.2. The van der Waals surface area contributed by atoms with Crippen molar-refractivity contribution in [3.63, 3.8) is 0 Å². The Labute approximate surface area is 149 Å². The summed E-state index contributed by atoms with van der Waals surface area (Å²) in [6, 6.07) is 11.6. The highest BCUT2D eigenvalue weighted by molar-refractivity contribution is 9.10. The van der Waals surface area contributed by atoms with Crippen molar-refractivity contribution in [3.05, 3.63) is 58.0 Å². The number of halogens is 1. The van der Waals surface area contributed by atoms with Crippen LogP contribution < -0.4 is 5.32 Å². The molecule has 2 heterocycles. The van der Waals surface area contributed by atoms with Gasteiger partial charge in [-0.15, -0.1) is 10.2 Å². The van der Waals surface area contributed by atoms with E-state index >= 15 is 0 Å². The van der Waals surface area contributed by atoms with Gasteiger partial charge in [-0.25, -0.2) is 0 Å². The van der Waals surface area contributed by atoms with E-state index in [-0.39, 0.29) is 11.7 Å². The van der Waals surface area contributed by atoms with E-state index in [1.54, 1.807) is 23.9 Å². The second kappa shape index (κ2) is 7.29. The molecule has 0 saturated carbocycles. The summed E-state index contributed by atoms with van der Waals surface area (Å²) in [4.78, 5) is 12.0. The second-order valence-electron chi connectivity index (χ2n) is 4.71. The first kappa shape index (κ1) is 16.2. The molecule has 5 nitrogen and oxygen atoms in total. The average molecular weight is 410 g/mol. The summed E-state index contributed by atoms with van der Waals surface area (Å²) in [6.07, 6.45) is 0. The van der Waals surface area contributed by atoms with Crippen molar-refractivity contribution in [2.45, 2.75) is 17.0 Å². The van der Waals surface area contributed by atoms with Gasteiger partial charge < -0.3 is 4.42 Å². The molecule has 1 aromatic carbocycles. The Morgan fingerprint density at radius 1 is 1.26 bits per heavy atom. The molecule has 0 unspecified atom stereocenters. The largest absolute Gasteiger partial charge is 0.444 e. The van der Waals surface area contributed by atoms with Crippen molar-refractivity contribution >= 4 is 50.1 Å². The number of hydrogen-bond donors (Lipinski definition) is 1. The SMILES string of the molecule is Cc1ccc(CSc2nnc(NC(=O)c3ccc(Br)o3)s2)cc1. The summed E-state index contributed by atoms with van der Waals surface area (Å²) in [7, 11) is 0. The number of nitrogens with one attached hydrogen (secondary N) is 1. The molecule has 118 valence electrons. The van der Waals surface area contributed by atoms with Gasteiger partial charge in [0.2, 0.25) is 5.13 Å². The highest BCUT2D eigenvalue weighted by atomic mass is 79.9. The molecular formula is C15H12BrN3O2S2. The first-order valence-corrected chi connectivity index (χ1v) is 9.28. The minimum atomic E-state index is -0.345. The molecule has 0 atom stereocenters. The zero-order valence-electron chi connectivity index (χ0n) is 12.1. The van der Waals surface area contributed by atoms with Gasteiger partial charge in [0, 0.05) is 5.75 Å². The number of amides is 1. The van der Waals surface area contributed by atoms with Gasteiger partial charge >= 0.3 is 0 Å². The standard InChI is InChI=1S/C15H12BrN3O2S2/c1-9-2-4-10(5-3-9)8-22-15-19-18-14(23-15)17-13(20)11-6-7-12(16)21-11/h2-7H,8H2,1H3,(H,17,18,20). The van der Waals surface area contributed by atoms with Crippen LogP contribution in [0.25, 0.3) is 0 Å². The Bertz CT molecular complexity index is 814. The molecule has 2 aromatic heterocycles. The van der Waals surface area contributed by atoms with Crippen molar-refractivity contribution in [1.82, 2.24) is 10.2 Å². The molecule has 1 amide bonds. The maximum Gasteiger partial charge on any atom is 0.293 e. The number of hydrogen-bond acceptors (Lipinski definition) is 6. The molecule has 0 aliphatic heterocycles. The number of rotatable bonds is 5. The van der Waals surface area contributed by atoms with E-state index < -0.39 is 0 Å². The van der Waals surface area contributed by atoms with Crippen LogP contribution in [0.2, 0.25) is 0 Å². The Balaban J connectivity index is 1.57. The summed E-state index contributed by atoms with van der Waals surface area (Å²) in [5.74, 6) is 0.691. The molecule has 0 aliphatic carbocycles. The van der Waals surface area contributed by atoms with Gasteiger partial charge in [0.25, 0.3) is 5.91 Å². The Kier molecular flexibility index (Phi) is 5.14. The average Bonchev–Trinajstić information content (AvgIpc) is 3.16. The van der Waals surface area contributed by atoms with Crippen molar-refractivity contribution in [2.24, 2.45) is 0 Å². The van der Waals surface area contributed by atoms with Crippen LogP contribution in [0.5, 0.6) is 0 Å². The molecule has 8 heteroatoms. The summed E-state index contributed by atoms with van der Waals surface area (Å²) in [6.45, 7) is 2.06. The van der Waals surface area contributed by atoms with Crippen molar-refractivity contribution < 1.29 is 9.21 Å². The first-order chi connectivity index (χ1) is 11.1. The third-order valence-electron chi connectivity index (χ3n) is 2.91. The lowest BCUT2D eigenvalue weighted by Gasteiger charge is -1.99. The normalized spacial score (nSPS) is 10.7. The van der Waals surface area contributed by atoms with Gasteiger partial charge in [-0.1, -0.05) is 52.9 Å². The second-order valence-corrected chi connectivity index (χ2v) is 7.69. The van der Waals surface area contributed by atoms with Crippen LogP contribution in [-0.4, -0.2) is 16.1 Å². The van der Waals surface area contributed by atoms with Crippen molar-refractivity contribution in [1.29, 1.82) is 0 Å². The number of aromatic nitrogens is 2. The fraction of sp³-hybridized carbons (Fsp3) is 0.133. The number of carbonyl (C=O) groups excluding carboxylic acids is 1. The number of anilines is 1. The van der Waals surface area contributed by atoms with Crippen LogP contribution in [-0.2, 0) is 5.75 Å². The molecule has 0 radical (unpaired) electrons. The van der Waals surface area contributed by atoms with Gasteiger partial charge in [-0.2, -0.15) is 0 Å². The molecular weight excluding hydrogens is 398 g/mol. The van der Waals surface area contributed by atoms with E-state index in [1.165, 1.54) is 22.5 Å². The van der Waals surface area contributed by atoms with E-state index in [0.29, 0.717) is 9.80 Å². The smallest absolute Gasteiger partial charge is 0.293 e. The number of thioether (sulfide) groups is 1. The number of furan rings is 1.